The highest BCUT2D eigenvalue weighted by Crippen LogP contribution is 2.29. The van der Waals surface area contributed by atoms with E-state index in [0.717, 1.165) is 32.2 Å². The van der Waals surface area contributed by atoms with E-state index in [4.69, 9.17) is 0 Å². The highest BCUT2D eigenvalue weighted by Gasteiger charge is 2.30. The number of hydrogen-bond acceptors (Lipinski definition) is 4. The lowest BCUT2D eigenvalue weighted by Gasteiger charge is -2.32. The molecular weight excluding hydrogens is 312 g/mol. The second-order valence-electron chi connectivity index (χ2n) is 6.58. The minimum atomic E-state index is -3.25. The van der Waals surface area contributed by atoms with Crippen molar-refractivity contribution in [1.82, 2.24) is 10.2 Å². The van der Waals surface area contributed by atoms with Crippen LogP contribution in [0.2, 0.25) is 0 Å². The number of benzene rings is 1. The fraction of sp³-hybridized carbons (Fsp3) is 0.588. The molecule has 0 unspecified atom stereocenters. The number of amides is 1. The number of carbonyl (C=O) groups excluding carboxylic acids is 1. The molecular formula is C17H24N2O3S. The molecule has 0 radical (unpaired) electrons. The van der Waals surface area contributed by atoms with Crippen molar-refractivity contribution in [3.63, 3.8) is 0 Å². The van der Waals surface area contributed by atoms with E-state index >= 15 is 0 Å². The lowest BCUT2D eigenvalue weighted by Crippen LogP contribution is -2.51. The predicted octanol–water partition coefficient (Wildman–Crippen LogP) is 1.84. The number of nitrogens with zero attached hydrogens (tertiary/aromatic N) is 1. The van der Waals surface area contributed by atoms with Gasteiger partial charge in [-0.05, 0) is 44.0 Å². The summed E-state index contributed by atoms with van der Waals surface area (Å²) in [5.74, 6) is -0.0248. The highest BCUT2D eigenvalue weighted by atomic mass is 32.2. The molecule has 23 heavy (non-hydrogen) atoms. The van der Waals surface area contributed by atoms with Crippen LogP contribution in [0.3, 0.4) is 0 Å². The first-order valence-electron chi connectivity index (χ1n) is 8.35. The Labute approximate surface area is 138 Å². The van der Waals surface area contributed by atoms with Gasteiger partial charge in [-0.3, -0.25) is 4.79 Å². The van der Waals surface area contributed by atoms with Crippen LogP contribution in [-0.4, -0.2) is 50.2 Å². The summed E-state index contributed by atoms with van der Waals surface area (Å²) in [6, 6.07) is 6.77. The van der Waals surface area contributed by atoms with Crippen LogP contribution < -0.4 is 5.32 Å². The summed E-state index contributed by atoms with van der Waals surface area (Å²) in [6.45, 7) is 4.21. The first-order chi connectivity index (χ1) is 11.0. The van der Waals surface area contributed by atoms with Gasteiger partial charge in [0.25, 0.3) is 5.91 Å². The van der Waals surface area contributed by atoms with E-state index in [-0.39, 0.29) is 17.2 Å². The van der Waals surface area contributed by atoms with Crippen molar-refractivity contribution in [1.29, 1.82) is 0 Å². The Kier molecular flexibility index (Phi) is 4.73. The van der Waals surface area contributed by atoms with Gasteiger partial charge in [-0.15, -0.1) is 0 Å². The Morgan fingerprint density at radius 2 is 1.83 bits per heavy atom. The van der Waals surface area contributed by atoms with Crippen LogP contribution in [0.15, 0.2) is 29.2 Å². The Balaban J connectivity index is 1.75. The molecule has 0 bridgehead atoms. The number of carbonyl (C=O) groups is 1. The van der Waals surface area contributed by atoms with Gasteiger partial charge in [0.2, 0.25) is 0 Å². The maximum Gasteiger partial charge on any atom is 0.253 e. The molecule has 2 aliphatic rings. The van der Waals surface area contributed by atoms with Crippen molar-refractivity contribution in [2.45, 2.75) is 48.8 Å². The summed E-state index contributed by atoms with van der Waals surface area (Å²) >= 11 is 0. The Bertz CT molecular complexity index is 664. The van der Waals surface area contributed by atoms with Crippen LogP contribution in [0.1, 0.15) is 43.0 Å². The summed E-state index contributed by atoms with van der Waals surface area (Å²) in [4.78, 5) is 14.7. The van der Waals surface area contributed by atoms with Crippen molar-refractivity contribution in [2.24, 2.45) is 0 Å². The van der Waals surface area contributed by atoms with Crippen LogP contribution in [0.4, 0.5) is 0 Å². The van der Waals surface area contributed by atoms with E-state index in [1.807, 2.05) is 4.90 Å². The van der Waals surface area contributed by atoms with Gasteiger partial charge < -0.3 is 10.2 Å². The SMILES string of the molecule is C[C@@H]1CN(C(=O)c2ccc(S(=O)(=O)C3CCCC3)cc2)CCN1. The number of sulfone groups is 1. The molecule has 1 saturated heterocycles. The first kappa shape index (κ1) is 16.5. The lowest BCUT2D eigenvalue weighted by atomic mass is 10.1. The molecule has 1 aromatic carbocycles. The summed E-state index contributed by atoms with van der Waals surface area (Å²) < 4.78 is 25.1. The van der Waals surface area contributed by atoms with Gasteiger partial charge in [0.05, 0.1) is 10.1 Å². The monoisotopic (exact) mass is 336 g/mol. The maximum atomic E-state index is 12.6. The molecule has 1 aliphatic heterocycles. The summed E-state index contributed by atoms with van der Waals surface area (Å²) in [5, 5.41) is 3.05. The van der Waals surface area contributed by atoms with Crippen molar-refractivity contribution in [3.05, 3.63) is 29.8 Å². The zero-order valence-corrected chi connectivity index (χ0v) is 14.3. The van der Waals surface area contributed by atoms with E-state index in [1.165, 1.54) is 0 Å². The topological polar surface area (TPSA) is 66.5 Å². The normalized spacial score (nSPS) is 23.2. The molecule has 0 spiro atoms. The molecule has 6 heteroatoms. The van der Waals surface area contributed by atoms with Gasteiger partial charge in [0.1, 0.15) is 0 Å². The Morgan fingerprint density at radius 1 is 1.17 bits per heavy atom. The third kappa shape index (κ3) is 3.43. The third-order valence-electron chi connectivity index (χ3n) is 4.83. The van der Waals surface area contributed by atoms with Crippen molar-refractivity contribution < 1.29 is 13.2 Å². The van der Waals surface area contributed by atoms with E-state index in [2.05, 4.69) is 12.2 Å². The molecule has 3 rings (SSSR count). The molecule has 1 aliphatic carbocycles. The predicted molar refractivity (Wildman–Crippen MR) is 89.3 cm³/mol. The van der Waals surface area contributed by atoms with Crippen LogP contribution in [0.5, 0.6) is 0 Å². The van der Waals surface area contributed by atoms with Gasteiger partial charge in [-0.2, -0.15) is 0 Å². The zero-order chi connectivity index (χ0) is 16.4. The fourth-order valence-electron chi connectivity index (χ4n) is 3.48. The number of piperazine rings is 1. The second kappa shape index (κ2) is 6.61. The largest absolute Gasteiger partial charge is 0.336 e. The van der Waals surface area contributed by atoms with Crippen LogP contribution >= 0.6 is 0 Å². The average molecular weight is 336 g/mol. The molecule has 2 fully saturated rings. The molecule has 126 valence electrons. The van der Waals surface area contributed by atoms with Gasteiger partial charge in [0, 0.05) is 31.2 Å². The van der Waals surface area contributed by atoms with Gasteiger partial charge >= 0.3 is 0 Å². The quantitative estimate of drug-likeness (QED) is 0.914. The molecule has 1 N–H and O–H groups in total. The zero-order valence-electron chi connectivity index (χ0n) is 13.5. The second-order valence-corrected chi connectivity index (χ2v) is 8.81. The molecule has 5 nitrogen and oxygen atoms in total. The number of nitrogens with one attached hydrogen (secondary N) is 1. The lowest BCUT2D eigenvalue weighted by molar-refractivity contribution is 0.0709. The number of hydrogen-bond donors (Lipinski definition) is 1. The minimum absolute atomic E-state index is 0.0248. The standard InChI is InChI=1S/C17H24N2O3S/c1-13-12-19(11-10-18-13)17(20)14-6-8-16(9-7-14)23(21,22)15-4-2-3-5-15/h6-9,13,15,18H,2-5,10-12H2,1H3/t13-/m1/s1. The van der Waals surface area contributed by atoms with Gasteiger partial charge in [-0.1, -0.05) is 12.8 Å². The molecule has 1 amide bonds. The van der Waals surface area contributed by atoms with Gasteiger partial charge in [-0.25, -0.2) is 8.42 Å². The molecule has 1 heterocycles. The Hall–Kier alpha value is -1.40. The van der Waals surface area contributed by atoms with E-state index in [9.17, 15) is 13.2 Å². The molecule has 0 aromatic heterocycles. The van der Waals surface area contributed by atoms with E-state index in [0.29, 0.717) is 23.5 Å². The van der Waals surface area contributed by atoms with E-state index < -0.39 is 9.84 Å². The van der Waals surface area contributed by atoms with Crippen molar-refractivity contribution in [2.75, 3.05) is 19.6 Å². The summed E-state index contributed by atoms with van der Waals surface area (Å²) in [5.41, 5.74) is 0.560. The van der Waals surface area contributed by atoms with Crippen LogP contribution in [0, 0.1) is 0 Å². The van der Waals surface area contributed by atoms with E-state index in [1.54, 1.807) is 24.3 Å². The first-order valence-corrected chi connectivity index (χ1v) is 9.90. The fourth-order valence-corrected chi connectivity index (χ4v) is 5.33. The number of rotatable bonds is 3. The maximum absolute atomic E-state index is 12.6. The Morgan fingerprint density at radius 3 is 2.43 bits per heavy atom. The average Bonchev–Trinajstić information content (AvgIpc) is 3.09. The molecule has 1 aromatic rings. The minimum Gasteiger partial charge on any atom is -0.336 e. The van der Waals surface area contributed by atoms with Crippen LogP contribution in [0.25, 0.3) is 0 Å². The summed E-state index contributed by atoms with van der Waals surface area (Å²) in [7, 11) is -3.25. The molecule has 1 atom stereocenters. The summed E-state index contributed by atoms with van der Waals surface area (Å²) in [6.07, 6.45) is 3.48. The molecule has 1 saturated carbocycles. The third-order valence-corrected chi connectivity index (χ3v) is 7.11. The van der Waals surface area contributed by atoms with Crippen molar-refractivity contribution in [3.8, 4) is 0 Å². The van der Waals surface area contributed by atoms with Crippen LogP contribution in [-0.2, 0) is 9.84 Å². The highest BCUT2D eigenvalue weighted by molar-refractivity contribution is 7.92. The smallest absolute Gasteiger partial charge is 0.253 e. The van der Waals surface area contributed by atoms with Gasteiger partial charge in [0.15, 0.2) is 9.84 Å². The van der Waals surface area contributed by atoms with Crippen molar-refractivity contribution >= 4 is 15.7 Å².